The molecule has 1 rings (SSSR count). The molecule has 1 aliphatic heterocycles. The molecule has 1 aliphatic rings. The maximum absolute atomic E-state index is 5.31. The summed E-state index contributed by atoms with van der Waals surface area (Å²) in [7, 11) is 0. The van der Waals surface area contributed by atoms with Crippen molar-refractivity contribution in [1.29, 1.82) is 0 Å². The lowest BCUT2D eigenvalue weighted by molar-refractivity contribution is 0.0799. The average Bonchev–Trinajstić information content (AvgIpc) is 2.48. The molecule has 0 saturated carbocycles. The Kier molecular flexibility index (Phi) is 4.00. The minimum Gasteiger partial charge on any atom is -0.392 e. The van der Waals surface area contributed by atoms with Crippen LogP contribution in [0.15, 0.2) is 17.8 Å². The first-order chi connectivity index (χ1) is 6.22. The van der Waals surface area contributed by atoms with E-state index in [0.29, 0.717) is 12.0 Å². The topological polar surface area (TPSA) is 21.6 Å². The first kappa shape index (κ1) is 10.3. The number of hydrogen-bond acceptors (Lipinski definition) is 2. The van der Waals surface area contributed by atoms with E-state index in [2.05, 4.69) is 25.6 Å². The predicted octanol–water partition coefficient (Wildman–Crippen LogP) is 3.14. The molecule has 1 atom stereocenters. The van der Waals surface area contributed by atoms with Crippen molar-refractivity contribution in [2.45, 2.75) is 45.6 Å². The van der Waals surface area contributed by atoms with Gasteiger partial charge in [0.05, 0.1) is 5.71 Å². The first-order valence-electron chi connectivity index (χ1n) is 5.04. The van der Waals surface area contributed by atoms with E-state index in [4.69, 9.17) is 4.84 Å². The van der Waals surface area contributed by atoms with E-state index in [1.54, 1.807) is 0 Å². The van der Waals surface area contributed by atoms with Gasteiger partial charge in [-0.05, 0) is 25.2 Å². The van der Waals surface area contributed by atoms with Crippen molar-refractivity contribution < 1.29 is 4.84 Å². The molecule has 0 spiro atoms. The van der Waals surface area contributed by atoms with Crippen molar-refractivity contribution in [3.05, 3.63) is 12.7 Å². The number of allylic oxidation sites excluding steroid dienone is 1. The summed E-state index contributed by atoms with van der Waals surface area (Å²) in [6.07, 6.45) is 6.41. The van der Waals surface area contributed by atoms with E-state index in [0.717, 1.165) is 25.7 Å². The van der Waals surface area contributed by atoms with Gasteiger partial charge in [-0.1, -0.05) is 25.1 Å². The van der Waals surface area contributed by atoms with Gasteiger partial charge in [-0.2, -0.15) is 0 Å². The molecule has 0 bridgehead atoms. The maximum Gasteiger partial charge on any atom is 0.133 e. The van der Waals surface area contributed by atoms with Gasteiger partial charge in [0, 0.05) is 6.42 Å². The third kappa shape index (κ3) is 3.62. The molecule has 0 aromatic heterocycles. The molecule has 0 amide bonds. The molecule has 0 saturated heterocycles. The second-order valence-corrected chi connectivity index (χ2v) is 4.05. The Bertz CT molecular complexity index is 196. The summed E-state index contributed by atoms with van der Waals surface area (Å²) in [6.45, 7) is 8.11. The number of oxime groups is 1. The normalized spacial score (nSPS) is 21.5. The van der Waals surface area contributed by atoms with Crippen LogP contribution in [-0.4, -0.2) is 11.8 Å². The SMILES string of the molecule is C=CCCC1CC(CC(C)C)=NO1. The molecular weight excluding hydrogens is 162 g/mol. The van der Waals surface area contributed by atoms with Crippen LogP contribution < -0.4 is 0 Å². The summed E-state index contributed by atoms with van der Waals surface area (Å²) in [6, 6.07) is 0. The third-order valence-corrected chi connectivity index (χ3v) is 2.13. The largest absolute Gasteiger partial charge is 0.392 e. The monoisotopic (exact) mass is 181 g/mol. The van der Waals surface area contributed by atoms with Crippen LogP contribution in [0.2, 0.25) is 0 Å². The van der Waals surface area contributed by atoms with Crippen LogP contribution in [0.3, 0.4) is 0 Å². The predicted molar refractivity (Wildman–Crippen MR) is 55.8 cm³/mol. The molecule has 13 heavy (non-hydrogen) atoms. The van der Waals surface area contributed by atoms with Crippen LogP contribution in [0.5, 0.6) is 0 Å². The highest BCUT2D eigenvalue weighted by molar-refractivity contribution is 5.85. The fourth-order valence-corrected chi connectivity index (χ4v) is 1.54. The van der Waals surface area contributed by atoms with Gasteiger partial charge in [0.2, 0.25) is 0 Å². The van der Waals surface area contributed by atoms with Crippen LogP contribution in [0, 0.1) is 5.92 Å². The minimum absolute atomic E-state index is 0.312. The highest BCUT2D eigenvalue weighted by Gasteiger charge is 2.20. The van der Waals surface area contributed by atoms with Crippen molar-refractivity contribution in [1.82, 2.24) is 0 Å². The Morgan fingerprint density at radius 3 is 3.08 bits per heavy atom. The first-order valence-corrected chi connectivity index (χ1v) is 5.04. The van der Waals surface area contributed by atoms with Gasteiger partial charge in [-0.15, -0.1) is 6.58 Å². The summed E-state index contributed by atoms with van der Waals surface area (Å²) < 4.78 is 0. The van der Waals surface area contributed by atoms with Gasteiger partial charge in [0.25, 0.3) is 0 Å². The van der Waals surface area contributed by atoms with E-state index in [1.165, 1.54) is 5.71 Å². The highest BCUT2D eigenvalue weighted by Crippen LogP contribution is 2.19. The Morgan fingerprint density at radius 1 is 1.69 bits per heavy atom. The number of nitrogens with zero attached hydrogens (tertiary/aromatic N) is 1. The van der Waals surface area contributed by atoms with Crippen LogP contribution >= 0.6 is 0 Å². The second kappa shape index (κ2) is 5.05. The highest BCUT2D eigenvalue weighted by atomic mass is 16.6. The van der Waals surface area contributed by atoms with Gasteiger partial charge >= 0.3 is 0 Å². The number of hydrogen-bond donors (Lipinski definition) is 0. The fourth-order valence-electron chi connectivity index (χ4n) is 1.54. The molecule has 0 fully saturated rings. The van der Waals surface area contributed by atoms with Gasteiger partial charge in [0.15, 0.2) is 0 Å². The molecule has 0 aromatic rings. The summed E-state index contributed by atoms with van der Waals surface area (Å²) in [5.74, 6) is 0.681. The minimum atomic E-state index is 0.312. The Morgan fingerprint density at radius 2 is 2.46 bits per heavy atom. The van der Waals surface area contributed by atoms with Gasteiger partial charge < -0.3 is 4.84 Å². The number of rotatable bonds is 5. The Labute approximate surface area is 80.7 Å². The zero-order valence-electron chi connectivity index (χ0n) is 8.62. The lowest BCUT2D eigenvalue weighted by atomic mass is 10.0. The molecule has 1 heterocycles. The smallest absolute Gasteiger partial charge is 0.133 e. The molecule has 0 aliphatic carbocycles. The fraction of sp³-hybridized carbons (Fsp3) is 0.727. The van der Waals surface area contributed by atoms with Gasteiger partial charge in [0.1, 0.15) is 6.10 Å². The molecule has 0 N–H and O–H groups in total. The average molecular weight is 181 g/mol. The van der Waals surface area contributed by atoms with Crippen molar-refractivity contribution in [3.8, 4) is 0 Å². The molecule has 2 heteroatoms. The van der Waals surface area contributed by atoms with Gasteiger partial charge in [-0.25, -0.2) is 0 Å². The van der Waals surface area contributed by atoms with E-state index in [1.807, 2.05) is 6.08 Å². The summed E-state index contributed by atoms with van der Waals surface area (Å²) in [5, 5.41) is 4.09. The molecule has 0 aromatic carbocycles. The van der Waals surface area contributed by atoms with E-state index in [9.17, 15) is 0 Å². The van der Waals surface area contributed by atoms with Crippen molar-refractivity contribution in [2.75, 3.05) is 0 Å². The second-order valence-electron chi connectivity index (χ2n) is 4.05. The Balaban J connectivity index is 2.21. The van der Waals surface area contributed by atoms with Crippen molar-refractivity contribution in [2.24, 2.45) is 11.1 Å². The van der Waals surface area contributed by atoms with Crippen LogP contribution in [0.4, 0.5) is 0 Å². The Hall–Kier alpha value is -0.790. The van der Waals surface area contributed by atoms with E-state index >= 15 is 0 Å². The third-order valence-electron chi connectivity index (χ3n) is 2.13. The van der Waals surface area contributed by atoms with E-state index < -0.39 is 0 Å². The summed E-state index contributed by atoms with van der Waals surface area (Å²) >= 11 is 0. The summed E-state index contributed by atoms with van der Waals surface area (Å²) in [5.41, 5.74) is 1.23. The molecule has 1 unspecified atom stereocenters. The van der Waals surface area contributed by atoms with Gasteiger partial charge in [-0.3, -0.25) is 0 Å². The lowest BCUT2D eigenvalue weighted by Gasteiger charge is -2.05. The quantitative estimate of drug-likeness (QED) is 0.597. The summed E-state index contributed by atoms with van der Waals surface area (Å²) in [4.78, 5) is 5.31. The van der Waals surface area contributed by atoms with Crippen LogP contribution in [0.1, 0.15) is 39.5 Å². The van der Waals surface area contributed by atoms with Crippen molar-refractivity contribution >= 4 is 5.71 Å². The van der Waals surface area contributed by atoms with Crippen LogP contribution in [-0.2, 0) is 4.84 Å². The lowest BCUT2D eigenvalue weighted by Crippen LogP contribution is -2.08. The standard InChI is InChI=1S/C11H19NO/c1-4-5-6-11-8-10(12-13-11)7-9(2)3/h4,9,11H,1,5-8H2,2-3H3. The zero-order chi connectivity index (χ0) is 9.68. The molecule has 0 radical (unpaired) electrons. The molecular formula is C11H19NO. The van der Waals surface area contributed by atoms with Crippen molar-refractivity contribution in [3.63, 3.8) is 0 Å². The maximum atomic E-state index is 5.31. The molecule has 74 valence electrons. The zero-order valence-corrected chi connectivity index (χ0v) is 8.62. The van der Waals surface area contributed by atoms with Crippen LogP contribution in [0.25, 0.3) is 0 Å². The van der Waals surface area contributed by atoms with E-state index in [-0.39, 0.29) is 0 Å². The molecule has 2 nitrogen and oxygen atoms in total.